The molecule has 0 aliphatic rings. The van der Waals surface area contributed by atoms with Gasteiger partial charge in [0.15, 0.2) is 0 Å². The lowest BCUT2D eigenvalue weighted by Gasteiger charge is -2.35. The van der Waals surface area contributed by atoms with E-state index in [-0.39, 0.29) is 13.0 Å². The minimum atomic E-state index is -4.55. The van der Waals surface area contributed by atoms with Gasteiger partial charge in [-0.1, -0.05) is 88.9 Å². The first-order valence-corrected chi connectivity index (χ1v) is 15.5. The Bertz CT molecular complexity index is 567. The van der Waals surface area contributed by atoms with Gasteiger partial charge in [-0.3, -0.25) is 4.57 Å². The Labute approximate surface area is 211 Å². The number of unbranched alkanes of at least 4 members (excludes halogenated alkanes) is 16. The molecule has 3 N–H and O–H groups in total. The van der Waals surface area contributed by atoms with E-state index in [2.05, 4.69) is 18.7 Å². The van der Waals surface area contributed by atoms with Gasteiger partial charge >= 0.3 is 7.60 Å². The standard InChI is InChI=1S/C28H56NO4P/c1-5-6-7-8-9-10-11-12-13-14-15-16-17-18-19-20-21-22-23-24-25-26-28(30,34(31,32)33)27-29(2,3)4/h5,15-16,30H,1,6-14,17-27H2,2-4H3,(H-,31,32,33)/p+1/b16-15-. The molecule has 0 bridgehead atoms. The van der Waals surface area contributed by atoms with Gasteiger partial charge in [-0.05, 0) is 51.4 Å². The van der Waals surface area contributed by atoms with Gasteiger partial charge in [-0.15, -0.1) is 6.58 Å². The van der Waals surface area contributed by atoms with Gasteiger partial charge in [0.1, 0.15) is 6.54 Å². The average molecular weight is 503 g/mol. The zero-order valence-corrected chi connectivity index (χ0v) is 23.6. The molecule has 1 atom stereocenters. The first kappa shape index (κ1) is 33.5. The van der Waals surface area contributed by atoms with Crippen molar-refractivity contribution in [2.75, 3.05) is 27.7 Å². The summed E-state index contributed by atoms with van der Waals surface area (Å²) < 4.78 is 12.1. The maximum Gasteiger partial charge on any atom is 0.362 e. The number of quaternary nitrogens is 1. The number of allylic oxidation sites excluding steroid dienone is 3. The predicted octanol–water partition coefficient (Wildman–Crippen LogP) is 7.71. The van der Waals surface area contributed by atoms with Crippen LogP contribution in [0.25, 0.3) is 0 Å². The van der Waals surface area contributed by atoms with E-state index >= 15 is 0 Å². The first-order valence-electron chi connectivity index (χ1n) is 13.9. The van der Waals surface area contributed by atoms with Gasteiger partial charge in [-0.25, -0.2) is 0 Å². The van der Waals surface area contributed by atoms with E-state index in [4.69, 9.17) is 0 Å². The molecule has 0 saturated carbocycles. The van der Waals surface area contributed by atoms with E-state index in [9.17, 15) is 19.5 Å². The van der Waals surface area contributed by atoms with Crippen LogP contribution in [0.4, 0.5) is 0 Å². The fourth-order valence-electron chi connectivity index (χ4n) is 4.48. The van der Waals surface area contributed by atoms with Crippen LogP contribution in [0.1, 0.15) is 122 Å². The van der Waals surface area contributed by atoms with Gasteiger partial charge in [0, 0.05) is 0 Å². The van der Waals surface area contributed by atoms with E-state index in [0.717, 1.165) is 25.7 Å². The molecule has 0 fully saturated rings. The van der Waals surface area contributed by atoms with Crippen LogP contribution >= 0.6 is 7.60 Å². The van der Waals surface area contributed by atoms with Crippen LogP contribution in [0.5, 0.6) is 0 Å². The van der Waals surface area contributed by atoms with E-state index in [1.165, 1.54) is 83.5 Å². The summed E-state index contributed by atoms with van der Waals surface area (Å²) in [5, 5.41) is 8.64. The summed E-state index contributed by atoms with van der Waals surface area (Å²) in [7, 11) is 0.971. The second kappa shape index (κ2) is 19.7. The number of hydrogen-bond acceptors (Lipinski definition) is 2. The molecule has 1 unspecified atom stereocenters. The smallest absolute Gasteiger partial charge is 0.362 e. The third-order valence-electron chi connectivity index (χ3n) is 6.41. The molecule has 0 aliphatic carbocycles. The fraction of sp³-hybridized carbons (Fsp3) is 0.857. The molecule has 0 aliphatic heterocycles. The highest BCUT2D eigenvalue weighted by Gasteiger charge is 2.48. The van der Waals surface area contributed by atoms with Crippen LogP contribution in [0.15, 0.2) is 24.8 Å². The van der Waals surface area contributed by atoms with Gasteiger partial charge in [0.2, 0.25) is 5.34 Å². The van der Waals surface area contributed by atoms with E-state index < -0.39 is 12.9 Å². The molecule has 0 aromatic carbocycles. The number of nitrogens with zero attached hydrogens (tertiary/aromatic N) is 1. The highest BCUT2D eigenvalue weighted by molar-refractivity contribution is 7.53. The second-order valence-corrected chi connectivity index (χ2v) is 13.1. The largest absolute Gasteiger partial charge is 0.373 e. The minimum absolute atomic E-state index is 0.0580. The van der Waals surface area contributed by atoms with Crippen molar-refractivity contribution < 1.29 is 23.9 Å². The summed E-state index contributed by atoms with van der Waals surface area (Å²) in [6.07, 6.45) is 28.8. The monoisotopic (exact) mass is 502 g/mol. The average Bonchev–Trinajstić information content (AvgIpc) is 2.73. The number of hydrogen-bond donors (Lipinski definition) is 3. The molecule has 0 aromatic rings. The lowest BCUT2D eigenvalue weighted by molar-refractivity contribution is -0.875. The van der Waals surface area contributed by atoms with Crippen LogP contribution in [0, 0.1) is 0 Å². The van der Waals surface area contributed by atoms with Crippen molar-refractivity contribution in [2.24, 2.45) is 0 Å². The fourth-order valence-corrected chi connectivity index (χ4v) is 5.54. The molecule has 0 aromatic heterocycles. The summed E-state index contributed by atoms with van der Waals surface area (Å²) in [6, 6.07) is 0. The van der Waals surface area contributed by atoms with Crippen molar-refractivity contribution in [3.8, 4) is 0 Å². The highest BCUT2D eigenvalue weighted by atomic mass is 31.2. The molecule has 5 nitrogen and oxygen atoms in total. The van der Waals surface area contributed by atoms with Crippen LogP contribution in [-0.2, 0) is 4.57 Å². The van der Waals surface area contributed by atoms with Crippen LogP contribution in [-0.4, -0.2) is 52.4 Å². The number of likely N-dealkylation sites (N-methyl/N-ethyl adjacent to an activating group) is 1. The number of rotatable bonds is 24. The molecule has 34 heavy (non-hydrogen) atoms. The summed E-state index contributed by atoms with van der Waals surface area (Å²) >= 11 is 0. The minimum Gasteiger partial charge on any atom is -0.373 e. The molecular weight excluding hydrogens is 445 g/mol. The summed E-state index contributed by atoms with van der Waals surface area (Å²) in [5.74, 6) is 0. The molecule has 0 radical (unpaired) electrons. The Hall–Kier alpha value is -0.450. The summed E-state index contributed by atoms with van der Waals surface area (Å²) in [5.41, 5.74) is 0. The third-order valence-corrected chi connectivity index (χ3v) is 7.86. The van der Waals surface area contributed by atoms with Gasteiger partial charge in [0.05, 0.1) is 21.1 Å². The Morgan fingerprint density at radius 1 is 0.676 bits per heavy atom. The Morgan fingerprint density at radius 2 is 1.03 bits per heavy atom. The lowest BCUT2D eigenvalue weighted by Crippen LogP contribution is -2.49. The Morgan fingerprint density at radius 3 is 1.38 bits per heavy atom. The Balaban J connectivity index is 3.55. The molecule has 0 saturated heterocycles. The van der Waals surface area contributed by atoms with Crippen molar-refractivity contribution in [1.82, 2.24) is 0 Å². The van der Waals surface area contributed by atoms with E-state index in [1.54, 1.807) is 0 Å². The van der Waals surface area contributed by atoms with Crippen molar-refractivity contribution in [3.63, 3.8) is 0 Å². The van der Waals surface area contributed by atoms with Gasteiger partial charge in [-0.2, -0.15) is 0 Å². The predicted molar refractivity (Wildman–Crippen MR) is 147 cm³/mol. The normalized spacial score (nSPS) is 14.5. The molecule has 0 rings (SSSR count). The van der Waals surface area contributed by atoms with Crippen molar-refractivity contribution in [1.29, 1.82) is 0 Å². The van der Waals surface area contributed by atoms with E-state index in [1.807, 2.05) is 27.2 Å². The summed E-state index contributed by atoms with van der Waals surface area (Å²) in [6.45, 7) is 3.83. The maximum absolute atomic E-state index is 11.8. The highest BCUT2D eigenvalue weighted by Crippen LogP contribution is 2.52. The van der Waals surface area contributed by atoms with Crippen molar-refractivity contribution >= 4 is 7.60 Å². The zero-order chi connectivity index (χ0) is 25.8. The first-order chi connectivity index (χ1) is 16.0. The lowest BCUT2D eigenvalue weighted by atomic mass is 10.0. The molecule has 0 heterocycles. The SMILES string of the molecule is C=CCCCCCCCCC/C=C\CCCCCCCCCCC(O)(C[N+](C)(C)C)P(=O)(O)O. The van der Waals surface area contributed by atoms with E-state index in [0.29, 0.717) is 10.9 Å². The number of aliphatic hydroxyl groups is 1. The molecule has 6 heteroatoms. The Kier molecular flexibility index (Phi) is 19.4. The van der Waals surface area contributed by atoms with Gasteiger partial charge in [0.25, 0.3) is 0 Å². The van der Waals surface area contributed by atoms with Crippen LogP contribution < -0.4 is 0 Å². The maximum atomic E-state index is 11.8. The molecule has 0 amide bonds. The third kappa shape index (κ3) is 19.8. The summed E-state index contributed by atoms with van der Waals surface area (Å²) in [4.78, 5) is 19.2. The second-order valence-electron chi connectivity index (χ2n) is 11.2. The van der Waals surface area contributed by atoms with Crippen molar-refractivity contribution in [2.45, 2.75) is 127 Å². The van der Waals surface area contributed by atoms with Gasteiger partial charge < -0.3 is 19.4 Å². The van der Waals surface area contributed by atoms with Crippen LogP contribution in [0.2, 0.25) is 0 Å². The topological polar surface area (TPSA) is 77.8 Å². The quantitative estimate of drug-likeness (QED) is 0.0546. The molecule has 0 spiro atoms. The molecule has 202 valence electrons. The van der Waals surface area contributed by atoms with Crippen molar-refractivity contribution in [3.05, 3.63) is 24.8 Å². The van der Waals surface area contributed by atoms with Crippen LogP contribution in [0.3, 0.4) is 0 Å². The zero-order valence-electron chi connectivity index (χ0n) is 22.7. The molecular formula is C28H57NO4P+.